The maximum absolute atomic E-state index is 9.61. The number of H-pyrrole nitrogens is 1. The Morgan fingerprint density at radius 3 is 2.73 bits per heavy atom. The molecule has 2 atom stereocenters. The number of nitrogens with one attached hydrogen (secondary N) is 1. The van der Waals surface area contributed by atoms with Gasteiger partial charge in [0.15, 0.2) is 5.82 Å². The molecule has 1 aromatic rings. The summed E-state index contributed by atoms with van der Waals surface area (Å²) in [6.45, 7) is -0.260. The smallest absolute Gasteiger partial charge is 0.163 e. The van der Waals surface area contributed by atoms with E-state index in [9.17, 15) is 10.2 Å². The summed E-state index contributed by atoms with van der Waals surface area (Å²) in [5, 5.41) is 42.2. The van der Waals surface area contributed by atoms with Gasteiger partial charge < -0.3 is 21.1 Å². The highest BCUT2D eigenvalue weighted by Gasteiger charge is 2.24. The molecule has 1 heterocycles. The topological polar surface area (TPSA) is 139 Å². The van der Waals surface area contributed by atoms with Crippen molar-refractivity contribution >= 4 is 5.82 Å². The predicted octanol–water partition coefficient (Wildman–Crippen LogP) is -1.36. The Labute approximate surface area is 85.8 Å². The number of hydrogen-bond donors (Lipinski definition) is 5. The van der Waals surface area contributed by atoms with Gasteiger partial charge in [-0.1, -0.05) is 0 Å². The van der Waals surface area contributed by atoms with Gasteiger partial charge in [-0.2, -0.15) is 10.4 Å². The molecule has 1 aromatic heterocycles. The predicted molar refractivity (Wildman–Crippen MR) is 50.4 cm³/mol. The number of nitrogen functional groups attached to an aromatic ring is 1. The minimum Gasteiger partial charge on any atom is -0.396 e. The van der Waals surface area contributed by atoms with Gasteiger partial charge in [-0.25, -0.2) is 0 Å². The van der Waals surface area contributed by atoms with E-state index < -0.39 is 12.2 Å². The van der Waals surface area contributed by atoms with E-state index in [0.717, 1.165) is 0 Å². The van der Waals surface area contributed by atoms with Crippen LogP contribution in [-0.2, 0) is 0 Å². The Morgan fingerprint density at radius 2 is 2.20 bits per heavy atom. The molecule has 0 radical (unpaired) electrons. The third-order valence-electron chi connectivity index (χ3n) is 2.02. The summed E-state index contributed by atoms with van der Waals surface area (Å²) in [6.07, 6.45) is -2.47. The van der Waals surface area contributed by atoms with Gasteiger partial charge in [-0.05, 0) is 6.42 Å². The van der Waals surface area contributed by atoms with E-state index in [1.165, 1.54) is 0 Å². The third kappa shape index (κ3) is 2.24. The summed E-state index contributed by atoms with van der Waals surface area (Å²) < 4.78 is 0. The zero-order valence-electron chi connectivity index (χ0n) is 7.88. The Bertz CT molecular complexity index is 370. The molecule has 0 amide bonds. The maximum Gasteiger partial charge on any atom is 0.163 e. The van der Waals surface area contributed by atoms with Crippen LogP contribution in [0.4, 0.5) is 5.82 Å². The number of aliphatic hydroxyl groups excluding tert-OH is 3. The highest BCUT2D eigenvalue weighted by molar-refractivity contribution is 5.51. The Morgan fingerprint density at radius 1 is 1.53 bits per heavy atom. The number of aromatic amines is 1. The van der Waals surface area contributed by atoms with Crippen molar-refractivity contribution in [2.24, 2.45) is 0 Å². The molecule has 0 saturated carbocycles. The molecule has 0 fully saturated rings. The van der Waals surface area contributed by atoms with Gasteiger partial charge >= 0.3 is 0 Å². The second-order valence-corrected chi connectivity index (χ2v) is 3.03. The number of nitrogens with two attached hydrogens (primary N) is 1. The van der Waals surface area contributed by atoms with Crippen LogP contribution in [0.5, 0.6) is 0 Å². The van der Waals surface area contributed by atoms with Crippen molar-refractivity contribution in [1.82, 2.24) is 10.2 Å². The normalized spacial score (nSPS) is 14.5. The van der Waals surface area contributed by atoms with Crippen LogP contribution in [-0.4, -0.2) is 38.2 Å². The van der Waals surface area contributed by atoms with Crippen LogP contribution in [0.3, 0.4) is 0 Å². The maximum atomic E-state index is 9.61. The molecule has 7 nitrogen and oxygen atoms in total. The summed E-state index contributed by atoms with van der Waals surface area (Å²) in [6, 6.07) is 1.77. The van der Waals surface area contributed by atoms with E-state index in [4.69, 9.17) is 16.1 Å². The molecule has 2 unspecified atom stereocenters. The fraction of sp³-hybridized carbons (Fsp3) is 0.500. The van der Waals surface area contributed by atoms with E-state index in [2.05, 4.69) is 10.2 Å². The number of aromatic nitrogens is 2. The van der Waals surface area contributed by atoms with E-state index in [0.29, 0.717) is 0 Å². The second-order valence-electron chi connectivity index (χ2n) is 3.03. The largest absolute Gasteiger partial charge is 0.396 e. The van der Waals surface area contributed by atoms with Crippen LogP contribution in [0.1, 0.15) is 23.8 Å². The van der Waals surface area contributed by atoms with Crippen molar-refractivity contribution in [2.75, 3.05) is 12.3 Å². The van der Waals surface area contributed by atoms with Crippen LogP contribution in [0.25, 0.3) is 0 Å². The number of rotatable bonds is 4. The summed E-state index contributed by atoms with van der Waals surface area (Å²) in [5.74, 6) is -0.0252. The lowest BCUT2D eigenvalue weighted by molar-refractivity contribution is 0.00175. The van der Waals surface area contributed by atoms with Crippen LogP contribution >= 0.6 is 0 Å². The van der Waals surface area contributed by atoms with E-state index in [1.54, 1.807) is 6.07 Å². The van der Waals surface area contributed by atoms with E-state index in [-0.39, 0.29) is 30.1 Å². The van der Waals surface area contributed by atoms with Crippen LogP contribution in [0.15, 0.2) is 0 Å². The minimum absolute atomic E-state index is 0.00492. The van der Waals surface area contributed by atoms with Crippen molar-refractivity contribution in [3.8, 4) is 6.07 Å². The summed E-state index contributed by atoms with van der Waals surface area (Å²) in [4.78, 5) is 0. The lowest BCUT2D eigenvalue weighted by Crippen LogP contribution is -2.20. The van der Waals surface area contributed by atoms with Crippen LogP contribution < -0.4 is 5.73 Å². The number of anilines is 1. The average Bonchev–Trinajstić information content (AvgIpc) is 2.58. The Kier molecular flexibility index (Phi) is 3.62. The Hall–Kier alpha value is -1.62. The molecule has 0 bridgehead atoms. The van der Waals surface area contributed by atoms with Crippen molar-refractivity contribution in [3.05, 3.63) is 11.3 Å². The molecule has 7 heteroatoms. The fourth-order valence-corrected chi connectivity index (χ4v) is 1.18. The molecular weight excluding hydrogens is 200 g/mol. The molecule has 82 valence electrons. The lowest BCUT2D eigenvalue weighted by Gasteiger charge is -2.15. The highest BCUT2D eigenvalue weighted by Crippen LogP contribution is 2.23. The molecule has 1 rings (SSSR count). The molecule has 0 aliphatic rings. The quantitative estimate of drug-likeness (QED) is 0.417. The number of nitriles is 1. The molecule has 0 spiro atoms. The van der Waals surface area contributed by atoms with Gasteiger partial charge in [-0.15, -0.1) is 0 Å². The lowest BCUT2D eigenvalue weighted by atomic mass is 10.0. The average molecular weight is 212 g/mol. The standard InChI is InChI=1S/C8H12N4O3/c9-3-4-6(11-12-8(4)10)7(15)5(14)1-2-13/h5,7,13-15H,1-2H2,(H3,10,11,12). The van der Waals surface area contributed by atoms with Crippen molar-refractivity contribution in [1.29, 1.82) is 5.26 Å². The minimum atomic E-state index is -1.31. The third-order valence-corrected chi connectivity index (χ3v) is 2.02. The molecule has 6 N–H and O–H groups in total. The monoisotopic (exact) mass is 212 g/mol. The second kappa shape index (κ2) is 4.75. The van der Waals surface area contributed by atoms with Gasteiger partial charge in [0.05, 0.1) is 11.8 Å². The fourth-order valence-electron chi connectivity index (χ4n) is 1.18. The molecule has 0 aliphatic heterocycles. The van der Waals surface area contributed by atoms with Gasteiger partial charge in [0.25, 0.3) is 0 Å². The molecule has 0 saturated heterocycles. The van der Waals surface area contributed by atoms with Crippen LogP contribution in [0.2, 0.25) is 0 Å². The van der Waals surface area contributed by atoms with Gasteiger partial charge in [0, 0.05) is 6.61 Å². The molecule has 0 aromatic carbocycles. The number of nitrogens with zero attached hydrogens (tertiary/aromatic N) is 2. The first-order chi connectivity index (χ1) is 7.11. The summed E-state index contributed by atoms with van der Waals surface area (Å²) >= 11 is 0. The van der Waals surface area contributed by atoms with Gasteiger partial charge in [-0.3, -0.25) is 5.10 Å². The van der Waals surface area contributed by atoms with Crippen molar-refractivity contribution < 1.29 is 15.3 Å². The Balaban J connectivity index is 2.91. The highest BCUT2D eigenvalue weighted by atomic mass is 16.3. The first-order valence-corrected chi connectivity index (χ1v) is 4.32. The van der Waals surface area contributed by atoms with E-state index in [1.807, 2.05) is 0 Å². The first kappa shape index (κ1) is 11.5. The number of aliphatic hydroxyl groups is 3. The molecular formula is C8H12N4O3. The van der Waals surface area contributed by atoms with E-state index >= 15 is 0 Å². The van der Waals surface area contributed by atoms with Gasteiger partial charge in [0.2, 0.25) is 0 Å². The first-order valence-electron chi connectivity index (χ1n) is 4.32. The summed E-state index contributed by atoms with van der Waals surface area (Å²) in [5.41, 5.74) is 5.44. The SMILES string of the molecule is N#Cc1c(N)n[nH]c1C(O)C(O)CCO. The summed E-state index contributed by atoms with van der Waals surface area (Å²) in [7, 11) is 0. The zero-order valence-corrected chi connectivity index (χ0v) is 7.88. The molecule has 15 heavy (non-hydrogen) atoms. The zero-order chi connectivity index (χ0) is 11.4. The van der Waals surface area contributed by atoms with Crippen molar-refractivity contribution in [2.45, 2.75) is 18.6 Å². The number of hydrogen-bond acceptors (Lipinski definition) is 6. The molecule has 0 aliphatic carbocycles. The van der Waals surface area contributed by atoms with Gasteiger partial charge in [0.1, 0.15) is 17.7 Å². The van der Waals surface area contributed by atoms with Crippen LogP contribution in [0, 0.1) is 11.3 Å². The van der Waals surface area contributed by atoms with Crippen molar-refractivity contribution in [3.63, 3.8) is 0 Å².